The lowest BCUT2D eigenvalue weighted by molar-refractivity contribution is 0.0748. The Balaban J connectivity index is 1.36. The molecule has 0 atom stereocenters. The lowest BCUT2D eigenvalue weighted by Crippen LogP contribution is -2.49. The highest BCUT2D eigenvalue weighted by atomic mass is 16.2. The zero-order valence-electron chi connectivity index (χ0n) is 13.8. The second kappa shape index (κ2) is 5.76. The Morgan fingerprint density at radius 1 is 1.15 bits per heavy atom. The summed E-state index contributed by atoms with van der Waals surface area (Å²) in [6.45, 7) is 2.56. The molecule has 1 aliphatic rings. The van der Waals surface area contributed by atoms with Crippen LogP contribution in [0, 0.1) is 0 Å². The molecule has 4 aromatic rings. The minimum absolute atomic E-state index is 0.0203. The van der Waals surface area contributed by atoms with Crippen LogP contribution in [0.3, 0.4) is 0 Å². The van der Waals surface area contributed by atoms with E-state index in [1.54, 1.807) is 23.1 Å². The number of aromatic amines is 1. The van der Waals surface area contributed by atoms with Crippen LogP contribution in [-0.4, -0.2) is 72.2 Å². The Hall–Kier alpha value is -3.56. The summed E-state index contributed by atoms with van der Waals surface area (Å²) in [5.41, 5.74) is 2.16. The van der Waals surface area contributed by atoms with Crippen molar-refractivity contribution in [3.05, 3.63) is 42.4 Å². The van der Waals surface area contributed by atoms with Crippen LogP contribution in [0.4, 0.5) is 5.82 Å². The van der Waals surface area contributed by atoms with Crippen molar-refractivity contribution in [1.82, 2.24) is 40.1 Å². The van der Waals surface area contributed by atoms with Gasteiger partial charge in [-0.2, -0.15) is 9.61 Å². The number of amides is 1. The van der Waals surface area contributed by atoms with E-state index < -0.39 is 0 Å². The number of benzene rings is 1. The first-order valence-electron chi connectivity index (χ1n) is 8.30. The molecule has 1 saturated heterocycles. The zero-order valence-corrected chi connectivity index (χ0v) is 13.8. The van der Waals surface area contributed by atoms with Gasteiger partial charge in [-0.15, -0.1) is 5.10 Å². The molecule has 0 bridgehead atoms. The summed E-state index contributed by atoms with van der Waals surface area (Å²) in [6, 6.07) is 5.62. The SMILES string of the molecule is O=C(c1cccc2[nH]ncc12)N1CCN(c2nccn3nnnc23)CC1. The van der Waals surface area contributed by atoms with E-state index in [9.17, 15) is 4.79 Å². The molecule has 3 aromatic heterocycles. The number of piperazine rings is 1. The number of tetrazole rings is 1. The first-order chi connectivity index (χ1) is 12.8. The topological polar surface area (TPSA) is 108 Å². The second-order valence-corrected chi connectivity index (χ2v) is 6.11. The largest absolute Gasteiger partial charge is 0.350 e. The lowest BCUT2D eigenvalue weighted by atomic mass is 10.1. The van der Waals surface area contributed by atoms with Crippen LogP contribution in [-0.2, 0) is 0 Å². The number of carbonyl (C=O) groups excluding carboxylic acids is 1. The van der Waals surface area contributed by atoms with Gasteiger partial charge in [-0.3, -0.25) is 9.89 Å². The molecule has 130 valence electrons. The predicted molar refractivity (Wildman–Crippen MR) is 92.8 cm³/mol. The number of nitrogens with one attached hydrogen (secondary N) is 1. The van der Waals surface area contributed by atoms with Gasteiger partial charge in [0.1, 0.15) is 0 Å². The van der Waals surface area contributed by atoms with E-state index in [1.807, 2.05) is 23.1 Å². The molecule has 5 rings (SSSR count). The third kappa shape index (κ3) is 2.26. The number of aromatic nitrogens is 7. The minimum Gasteiger partial charge on any atom is -0.350 e. The molecule has 1 aliphatic heterocycles. The zero-order chi connectivity index (χ0) is 17.5. The molecule has 1 fully saturated rings. The summed E-state index contributed by atoms with van der Waals surface area (Å²) in [6.07, 6.45) is 5.09. The van der Waals surface area contributed by atoms with Gasteiger partial charge in [0.2, 0.25) is 5.65 Å². The Morgan fingerprint density at radius 3 is 2.92 bits per heavy atom. The van der Waals surface area contributed by atoms with Crippen LogP contribution in [0.2, 0.25) is 0 Å². The van der Waals surface area contributed by atoms with Gasteiger partial charge in [0.15, 0.2) is 5.82 Å². The summed E-state index contributed by atoms with van der Waals surface area (Å²) in [5.74, 6) is 0.758. The van der Waals surface area contributed by atoms with E-state index in [1.165, 1.54) is 0 Å². The molecule has 1 amide bonds. The monoisotopic (exact) mass is 349 g/mol. The van der Waals surface area contributed by atoms with Gasteiger partial charge in [0.05, 0.1) is 23.5 Å². The fraction of sp³-hybridized carbons (Fsp3) is 0.250. The summed E-state index contributed by atoms with van der Waals surface area (Å²) in [4.78, 5) is 21.3. The number of anilines is 1. The molecule has 26 heavy (non-hydrogen) atoms. The third-order valence-electron chi connectivity index (χ3n) is 4.68. The van der Waals surface area contributed by atoms with E-state index in [-0.39, 0.29) is 5.91 Å². The first-order valence-corrected chi connectivity index (χ1v) is 8.30. The average Bonchev–Trinajstić information content (AvgIpc) is 3.36. The van der Waals surface area contributed by atoms with E-state index in [0.29, 0.717) is 37.4 Å². The maximum Gasteiger partial charge on any atom is 0.254 e. The van der Waals surface area contributed by atoms with Gasteiger partial charge >= 0.3 is 0 Å². The van der Waals surface area contributed by atoms with Crippen molar-refractivity contribution in [1.29, 1.82) is 0 Å². The van der Waals surface area contributed by atoms with Crippen LogP contribution in [0.25, 0.3) is 16.6 Å². The third-order valence-corrected chi connectivity index (χ3v) is 4.68. The lowest BCUT2D eigenvalue weighted by Gasteiger charge is -2.35. The van der Waals surface area contributed by atoms with Crippen molar-refractivity contribution in [3.8, 4) is 0 Å². The number of hydrogen-bond donors (Lipinski definition) is 1. The van der Waals surface area contributed by atoms with Crippen LogP contribution in [0.1, 0.15) is 10.4 Å². The van der Waals surface area contributed by atoms with E-state index in [0.717, 1.165) is 16.7 Å². The quantitative estimate of drug-likeness (QED) is 0.556. The molecule has 10 nitrogen and oxygen atoms in total. The predicted octanol–water partition coefficient (Wildman–Crippen LogP) is 0.358. The summed E-state index contributed by atoms with van der Waals surface area (Å²) in [7, 11) is 0. The average molecular weight is 349 g/mol. The number of H-pyrrole nitrogens is 1. The molecule has 0 saturated carbocycles. The van der Waals surface area contributed by atoms with Crippen LogP contribution in [0.15, 0.2) is 36.8 Å². The van der Waals surface area contributed by atoms with Crippen molar-refractivity contribution >= 4 is 28.3 Å². The maximum atomic E-state index is 12.9. The smallest absolute Gasteiger partial charge is 0.254 e. The Labute approximate surface area is 147 Å². The van der Waals surface area contributed by atoms with Gasteiger partial charge in [0, 0.05) is 37.8 Å². The van der Waals surface area contributed by atoms with E-state index in [2.05, 4.69) is 35.6 Å². The highest BCUT2D eigenvalue weighted by Crippen LogP contribution is 2.21. The summed E-state index contributed by atoms with van der Waals surface area (Å²) in [5, 5.41) is 19.4. The minimum atomic E-state index is 0.0203. The van der Waals surface area contributed by atoms with Gasteiger partial charge in [-0.25, -0.2) is 4.98 Å². The van der Waals surface area contributed by atoms with Gasteiger partial charge < -0.3 is 9.80 Å². The van der Waals surface area contributed by atoms with Crippen LogP contribution >= 0.6 is 0 Å². The molecule has 0 radical (unpaired) electrons. The number of rotatable bonds is 2. The van der Waals surface area contributed by atoms with Gasteiger partial charge in [-0.05, 0) is 22.6 Å². The highest BCUT2D eigenvalue weighted by molar-refractivity contribution is 6.06. The number of hydrogen-bond acceptors (Lipinski definition) is 7. The van der Waals surface area contributed by atoms with E-state index in [4.69, 9.17) is 0 Å². The number of carbonyl (C=O) groups is 1. The van der Waals surface area contributed by atoms with Crippen molar-refractivity contribution in [2.24, 2.45) is 0 Å². The van der Waals surface area contributed by atoms with Gasteiger partial charge in [0.25, 0.3) is 5.91 Å². The Bertz CT molecular complexity index is 1090. The molecule has 0 unspecified atom stereocenters. The normalized spacial score (nSPS) is 15.1. The molecule has 0 aliphatic carbocycles. The molecule has 1 aromatic carbocycles. The molecular weight excluding hydrogens is 334 g/mol. The van der Waals surface area contributed by atoms with E-state index >= 15 is 0 Å². The Morgan fingerprint density at radius 2 is 2.04 bits per heavy atom. The molecule has 0 spiro atoms. The van der Waals surface area contributed by atoms with Gasteiger partial charge in [-0.1, -0.05) is 6.07 Å². The molecule has 1 N–H and O–H groups in total. The molecule has 4 heterocycles. The fourth-order valence-electron chi connectivity index (χ4n) is 3.34. The first kappa shape index (κ1) is 14.8. The fourth-order valence-corrected chi connectivity index (χ4v) is 3.34. The van der Waals surface area contributed by atoms with Crippen LogP contribution in [0.5, 0.6) is 0 Å². The molecular formula is C16H15N9O. The van der Waals surface area contributed by atoms with Crippen molar-refractivity contribution in [2.75, 3.05) is 31.1 Å². The number of nitrogens with zero attached hydrogens (tertiary/aromatic N) is 8. The highest BCUT2D eigenvalue weighted by Gasteiger charge is 2.25. The van der Waals surface area contributed by atoms with Crippen LogP contribution < -0.4 is 4.90 Å². The summed E-state index contributed by atoms with van der Waals surface area (Å²) >= 11 is 0. The Kier molecular flexibility index (Phi) is 3.27. The van der Waals surface area contributed by atoms with Crippen molar-refractivity contribution in [2.45, 2.75) is 0 Å². The summed E-state index contributed by atoms with van der Waals surface area (Å²) < 4.78 is 1.60. The number of fused-ring (bicyclic) bond motifs is 2. The maximum absolute atomic E-state index is 12.9. The molecule has 10 heteroatoms. The van der Waals surface area contributed by atoms with Crippen molar-refractivity contribution in [3.63, 3.8) is 0 Å². The second-order valence-electron chi connectivity index (χ2n) is 6.11. The van der Waals surface area contributed by atoms with Crippen molar-refractivity contribution < 1.29 is 4.79 Å². The standard InChI is InChI=1S/C16H15N9O/c26-16(11-2-1-3-13-12(11)10-18-19-13)24-8-6-23(7-9-24)14-15-20-21-22-25(15)5-4-17-14/h1-5,10H,6-9H2,(H,18,19).